The number of nitrogens with zero attached hydrogens (tertiary/aromatic N) is 4. The number of carbonyl (C=O) groups excluding carboxylic acids is 1. The first-order chi connectivity index (χ1) is 14.6. The van der Waals surface area contributed by atoms with Crippen molar-refractivity contribution in [3.63, 3.8) is 0 Å². The molecule has 8 heteroatoms. The van der Waals surface area contributed by atoms with Crippen molar-refractivity contribution >= 4 is 34.2 Å². The maximum Gasteiger partial charge on any atom is 0.260 e. The maximum absolute atomic E-state index is 12.4. The third kappa shape index (κ3) is 5.29. The van der Waals surface area contributed by atoms with Gasteiger partial charge >= 0.3 is 0 Å². The third-order valence-electron chi connectivity index (χ3n) is 5.02. The predicted molar refractivity (Wildman–Crippen MR) is 120 cm³/mol. The Labute approximate surface area is 185 Å². The van der Waals surface area contributed by atoms with Crippen LogP contribution in [0.15, 0.2) is 48.5 Å². The summed E-state index contributed by atoms with van der Waals surface area (Å²) in [4.78, 5) is 21.2. The van der Waals surface area contributed by atoms with Crippen molar-refractivity contribution in [2.45, 2.75) is 13.3 Å². The zero-order valence-corrected chi connectivity index (χ0v) is 18.3. The molecule has 2 heterocycles. The van der Waals surface area contributed by atoms with E-state index >= 15 is 0 Å². The molecule has 0 N–H and O–H groups in total. The van der Waals surface area contributed by atoms with Crippen LogP contribution in [0.1, 0.15) is 17.0 Å². The highest BCUT2D eigenvalue weighted by Gasteiger charge is 2.23. The van der Waals surface area contributed by atoms with E-state index in [1.54, 1.807) is 24.3 Å². The first kappa shape index (κ1) is 20.6. The monoisotopic (exact) mass is 442 g/mol. The average molecular weight is 443 g/mol. The molecule has 1 fully saturated rings. The van der Waals surface area contributed by atoms with Crippen molar-refractivity contribution in [2.75, 3.05) is 37.7 Å². The summed E-state index contributed by atoms with van der Waals surface area (Å²) in [7, 11) is 0. The van der Waals surface area contributed by atoms with E-state index in [1.165, 1.54) is 22.7 Å². The molecule has 156 valence electrons. The smallest absolute Gasteiger partial charge is 0.260 e. The minimum atomic E-state index is -0.0121. The van der Waals surface area contributed by atoms with Gasteiger partial charge in [0.1, 0.15) is 11.6 Å². The minimum Gasteiger partial charge on any atom is -0.484 e. The molecule has 3 aromatic rings. The van der Waals surface area contributed by atoms with Crippen LogP contribution in [0.3, 0.4) is 0 Å². The van der Waals surface area contributed by atoms with E-state index in [2.05, 4.69) is 40.5 Å². The van der Waals surface area contributed by atoms with Crippen molar-refractivity contribution in [3.05, 3.63) is 70.5 Å². The SMILES string of the molecule is Cc1ccc(Cc2nsc(N3CCN(C(=O)COc4ccc(Cl)cc4)CC3)n2)cc1. The molecule has 0 bridgehead atoms. The van der Waals surface area contributed by atoms with E-state index in [4.69, 9.17) is 21.3 Å². The molecule has 1 aliphatic rings. The molecule has 1 aromatic heterocycles. The van der Waals surface area contributed by atoms with Crippen molar-refractivity contribution in [1.29, 1.82) is 0 Å². The molecular weight excluding hydrogens is 420 g/mol. The lowest BCUT2D eigenvalue weighted by molar-refractivity contribution is -0.133. The van der Waals surface area contributed by atoms with Gasteiger partial charge in [0.05, 0.1) is 0 Å². The van der Waals surface area contributed by atoms with Crippen LogP contribution >= 0.6 is 23.1 Å². The Kier molecular flexibility index (Phi) is 6.50. The van der Waals surface area contributed by atoms with Gasteiger partial charge in [-0.15, -0.1) is 0 Å². The first-order valence-electron chi connectivity index (χ1n) is 9.86. The van der Waals surface area contributed by atoms with Crippen LogP contribution in [0.2, 0.25) is 5.02 Å². The number of carbonyl (C=O) groups is 1. The topological polar surface area (TPSA) is 58.6 Å². The van der Waals surface area contributed by atoms with Gasteiger partial charge in [-0.1, -0.05) is 41.4 Å². The molecule has 1 saturated heterocycles. The second-order valence-electron chi connectivity index (χ2n) is 7.27. The zero-order valence-electron chi connectivity index (χ0n) is 16.8. The predicted octanol–water partition coefficient (Wildman–Crippen LogP) is 3.82. The van der Waals surface area contributed by atoms with Crippen molar-refractivity contribution in [3.8, 4) is 5.75 Å². The summed E-state index contributed by atoms with van der Waals surface area (Å²) in [5.74, 6) is 1.47. The van der Waals surface area contributed by atoms with Gasteiger partial charge in [0.15, 0.2) is 6.61 Å². The van der Waals surface area contributed by atoms with Crippen molar-refractivity contribution < 1.29 is 9.53 Å². The maximum atomic E-state index is 12.4. The Balaban J connectivity index is 1.26. The quantitative estimate of drug-likeness (QED) is 0.580. The van der Waals surface area contributed by atoms with Crippen LogP contribution in [0.4, 0.5) is 5.13 Å². The molecule has 0 spiro atoms. The number of aromatic nitrogens is 2. The van der Waals surface area contributed by atoms with E-state index in [9.17, 15) is 4.79 Å². The Morgan fingerprint density at radius 3 is 2.47 bits per heavy atom. The summed E-state index contributed by atoms with van der Waals surface area (Å²) in [6.07, 6.45) is 0.733. The molecule has 4 rings (SSSR count). The molecule has 0 unspecified atom stereocenters. The summed E-state index contributed by atoms with van der Waals surface area (Å²) in [6.45, 7) is 4.89. The summed E-state index contributed by atoms with van der Waals surface area (Å²) in [5.41, 5.74) is 2.46. The molecular formula is C22H23ClN4O2S. The Bertz CT molecular complexity index is 983. The van der Waals surface area contributed by atoms with Gasteiger partial charge < -0.3 is 14.5 Å². The number of rotatable bonds is 6. The standard InChI is InChI=1S/C22H23ClN4O2S/c1-16-2-4-17(5-3-16)14-20-24-22(30-25-20)27-12-10-26(11-13-27)21(28)15-29-19-8-6-18(23)7-9-19/h2-9H,10-15H2,1H3. The van der Waals surface area contributed by atoms with Crippen LogP contribution in [0.25, 0.3) is 0 Å². The van der Waals surface area contributed by atoms with Gasteiger partial charge in [-0.05, 0) is 36.8 Å². The molecule has 6 nitrogen and oxygen atoms in total. The second kappa shape index (κ2) is 9.45. The number of benzene rings is 2. The van der Waals surface area contributed by atoms with E-state index in [-0.39, 0.29) is 12.5 Å². The van der Waals surface area contributed by atoms with Crippen LogP contribution in [0, 0.1) is 6.92 Å². The van der Waals surface area contributed by atoms with Crippen molar-refractivity contribution in [2.24, 2.45) is 0 Å². The highest BCUT2D eigenvalue weighted by Crippen LogP contribution is 2.21. The van der Waals surface area contributed by atoms with Crippen LogP contribution in [0.5, 0.6) is 5.75 Å². The number of ether oxygens (including phenoxy) is 1. The van der Waals surface area contributed by atoms with Crippen molar-refractivity contribution in [1.82, 2.24) is 14.3 Å². The van der Waals surface area contributed by atoms with Gasteiger partial charge in [-0.3, -0.25) is 4.79 Å². The van der Waals surface area contributed by atoms with Gasteiger partial charge in [-0.2, -0.15) is 4.37 Å². The fraction of sp³-hybridized carbons (Fsp3) is 0.318. The summed E-state index contributed by atoms with van der Waals surface area (Å²) >= 11 is 7.29. The molecule has 2 aromatic carbocycles. The number of halogens is 1. The third-order valence-corrected chi connectivity index (χ3v) is 6.09. The van der Waals surface area contributed by atoms with Crippen LogP contribution in [-0.4, -0.2) is 53.0 Å². The normalized spacial score (nSPS) is 14.1. The van der Waals surface area contributed by atoms with Crippen LogP contribution < -0.4 is 9.64 Å². The van der Waals surface area contributed by atoms with Gasteiger partial charge in [0, 0.05) is 49.2 Å². The van der Waals surface area contributed by atoms with Gasteiger partial charge in [-0.25, -0.2) is 4.98 Å². The lowest BCUT2D eigenvalue weighted by Gasteiger charge is -2.34. The number of amides is 1. The molecule has 0 saturated carbocycles. The zero-order chi connectivity index (χ0) is 20.9. The number of piperazine rings is 1. The molecule has 1 amide bonds. The number of hydrogen-bond donors (Lipinski definition) is 0. The average Bonchev–Trinajstić information content (AvgIpc) is 3.23. The minimum absolute atomic E-state index is 0.0121. The Hall–Kier alpha value is -2.64. The van der Waals surface area contributed by atoms with Crippen LogP contribution in [-0.2, 0) is 11.2 Å². The first-order valence-corrected chi connectivity index (χ1v) is 11.0. The van der Waals surface area contributed by atoms with E-state index < -0.39 is 0 Å². The fourth-order valence-electron chi connectivity index (χ4n) is 3.25. The number of hydrogen-bond acceptors (Lipinski definition) is 6. The van der Waals surface area contributed by atoms with E-state index in [1.807, 2.05) is 4.90 Å². The largest absolute Gasteiger partial charge is 0.484 e. The van der Waals surface area contributed by atoms with E-state index in [0.717, 1.165) is 30.5 Å². The van der Waals surface area contributed by atoms with Gasteiger partial charge in [0.25, 0.3) is 5.91 Å². The lowest BCUT2D eigenvalue weighted by atomic mass is 10.1. The highest BCUT2D eigenvalue weighted by molar-refractivity contribution is 7.09. The molecule has 0 radical (unpaired) electrons. The summed E-state index contributed by atoms with van der Waals surface area (Å²) in [5, 5.41) is 1.56. The fourth-order valence-corrected chi connectivity index (χ4v) is 4.11. The lowest BCUT2D eigenvalue weighted by Crippen LogP contribution is -2.50. The highest BCUT2D eigenvalue weighted by atomic mass is 35.5. The molecule has 1 aliphatic heterocycles. The van der Waals surface area contributed by atoms with E-state index in [0.29, 0.717) is 23.9 Å². The molecule has 0 atom stereocenters. The molecule has 30 heavy (non-hydrogen) atoms. The Morgan fingerprint density at radius 1 is 1.07 bits per heavy atom. The summed E-state index contributed by atoms with van der Waals surface area (Å²) < 4.78 is 10.1. The second-order valence-corrected chi connectivity index (χ2v) is 8.43. The Morgan fingerprint density at radius 2 is 1.77 bits per heavy atom. The molecule has 0 aliphatic carbocycles. The number of anilines is 1. The van der Waals surface area contributed by atoms with Gasteiger partial charge in [0.2, 0.25) is 5.13 Å². The summed E-state index contributed by atoms with van der Waals surface area (Å²) in [6, 6.07) is 15.5. The number of aryl methyl sites for hydroxylation is 1.